The van der Waals surface area contributed by atoms with E-state index in [1.165, 1.54) is 11.0 Å². The molecule has 3 aromatic rings. The van der Waals surface area contributed by atoms with Crippen LogP contribution in [0.2, 0.25) is 0 Å². The number of carbonyl (C=O) groups excluding carboxylic acids is 1. The number of likely N-dealkylation sites (N-methyl/N-ethyl adjacent to an activating group) is 1. The molecule has 0 saturated carbocycles. The summed E-state index contributed by atoms with van der Waals surface area (Å²) in [6.45, 7) is 1.73. The number of rotatable bonds is 5. The first-order valence-corrected chi connectivity index (χ1v) is 8.67. The van der Waals surface area contributed by atoms with Crippen molar-refractivity contribution >= 4 is 34.5 Å². The fourth-order valence-electron chi connectivity index (χ4n) is 3.10. The number of aryl methyl sites for hydroxylation is 1. The molecule has 1 amide bonds. The molecular weight excluding hydrogens is 354 g/mol. The van der Waals surface area contributed by atoms with Gasteiger partial charge in [0, 0.05) is 35.4 Å². The first-order valence-electron chi connectivity index (χ1n) is 8.67. The highest BCUT2D eigenvalue weighted by Crippen LogP contribution is 2.25. The summed E-state index contributed by atoms with van der Waals surface area (Å²) in [6, 6.07) is 16.7. The van der Waals surface area contributed by atoms with Crippen molar-refractivity contribution in [3.8, 4) is 6.07 Å². The summed E-state index contributed by atoms with van der Waals surface area (Å²) in [7, 11) is 1.62. The normalized spacial score (nSPS) is 11.2. The topological polar surface area (TPSA) is 86.3 Å². The van der Waals surface area contributed by atoms with Gasteiger partial charge in [-0.15, -0.1) is 0 Å². The highest BCUT2D eigenvalue weighted by Gasteiger charge is 2.18. The Morgan fingerprint density at radius 2 is 1.96 bits per heavy atom. The van der Waals surface area contributed by atoms with Gasteiger partial charge in [0.05, 0.1) is 0 Å². The second-order valence-electron chi connectivity index (χ2n) is 6.50. The Balaban J connectivity index is 2.02. The zero-order valence-corrected chi connectivity index (χ0v) is 15.6. The van der Waals surface area contributed by atoms with Crippen molar-refractivity contribution < 1.29 is 14.7 Å². The lowest BCUT2D eigenvalue weighted by Gasteiger charge is -2.17. The summed E-state index contributed by atoms with van der Waals surface area (Å²) in [6.07, 6.45) is 3.16. The average molecular weight is 373 g/mol. The Morgan fingerprint density at radius 3 is 2.64 bits per heavy atom. The van der Waals surface area contributed by atoms with Crippen LogP contribution in [0.4, 0.5) is 5.69 Å². The van der Waals surface area contributed by atoms with Crippen molar-refractivity contribution in [2.24, 2.45) is 0 Å². The van der Waals surface area contributed by atoms with Gasteiger partial charge >= 0.3 is 5.97 Å². The van der Waals surface area contributed by atoms with Crippen LogP contribution in [0.3, 0.4) is 0 Å². The van der Waals surface area contributed by atoms with Crippen LogP contribution in [0.5, 0.6) is 0 Å². The van der Waals surface area contributed by atoms with Crippen LogP contribution in [0.15, 0.2) is 60.3 Å². The van der Waals surface area contributed by atoms with Crippen LogP contribution < -0.4 is 4.90 Å². The highest BCUT2D eigenvalue weighted by molar-refractivity contribution is 6.11. The van der Waals surface area contributed by atoms with Gasteiger partial charge in [0.25, 0.3) is 5.91 Å². The van der Waals surface area contributed by atoms with E-state index in [1.807, 2.05) is 55.5 Å². The summed E-state index contributed by atoms with van der Waals surface area (Å²) in [5.41, 5.74) is 3.03. The fourth-order valence-corrected chi connectivity index (χ4v) is 3.10. The molecule has 0 spiro atoms. The van der Waals surface area contributed by atoms with Crippen molar-refractivity contribution in [2.75, 3.05) is 11.9 Å². The Kier molecular flexibility index (Phi) is 5.28. The van der Waals surface area contributed by atoms with E-state index < -0.39 is 11.9 Å². The van der Waals surface area contributed by atoms with Gasteiger partial charge in [-0.3, -0.25) is 9.59 Å². The van der Waals surface area contributed by atoms with Crippen molar-refractivity contribution in [1.82, 2.24) is 4.57 Å². The van der Waals surface area contributed by atoms with Gasteiger partial charge in [-0.05, 0) is 36.8 Å². The molecule has 1 aromatic heterocycles. The number of carbonyl (C=O) groups is 2. The fraction of sp³-hybridized carbons (Fsp3) is 0.136. The number of nitriles is 1. The maximum Gasteiger partial charge on any atom is 0.323 e. The largest absolute Gasteiger partial charge is 0.480 e. The molecule has 28 heavy (non-hydrogen) atoms. The van der Waals surface area contributed by atoms with Crippen molar-refractivity contribution in [3.05, 3.63) is 71.4 Å². The molecule has 6 nitrogen and oxygen atoms in total. The van der Waals surface area contributed by atoms with Crippen LogP contribution in [0.25, 0.3) is 17.0 Å². The molecule has 0 saturated heterocycles. The number of carboxylic acids is 1. The number of hydrogen-bond donors (Lipinski definition) is 1. The number of carboxylic acid groups (broad SMARTS) is 1. The zero-order chi connectivity index (χ0) is 20.3. The third kappa shape index (κ3) is 3.79. The van der Waals surface area contributed by atoms with E-state index >= 15 is 0 Å². The monoisotopic (exact) mass is 373 g/mol. The van der Waals surface area contributed by atoms with E-state index in [4.69, 9.17) is 5.11 Å². The Bertz CT molecular complexity index is 1140. The minimum absolute atomic E-state index is 0.0257. The van der Waals surface area contributed by atoms with Crippen molar-refractivity contribution in [2.45, 2.75) is 13.5 Å². The number of benzene rings is 2. The predicted molar refractivity (Wildman–Crippen MR) is 108 cm³/mol. The van der Waals surface area contributed by atoms with E-state index in [1.54, 1.807) is 23.9 Å². The molecule has 140 valence electrons. The van der Waals surface area contributed by atoms with E-state index in [-0.39, 0.29) is 12.1 Å². The van der Waals surface area contributed by atoms with Crippen LogP contribution in [-0.4, -0.2) is 28.6 Å². The molecule has 0 radical (unpaired) electrons. The third-order valence-electron chi connectivity index (χ3n) is 4.47. The standard InChI is InChI=1S/C22H19N3O3/c1-15-6-5-7-18(10-15)24(2)22(28)16(12-23)11-17-13-25(14-21(26)27)20-9-4-3-8-19(17)20/h3-11,13H,14H2,1-2H3,(H,26,27). The van der Waals surface area contributed by atoms with E-state index in [0.717, 1.165) is 16.5 Å². The number of aliphatic carboxylic acids is 1. The number of anilines is 1. The molecule has 0 atom stereocenters. The molecule has 1 N–H and O–H groups in total. The summed E-state index contributed by atoms with van der Waals surface area (Å²) in [5.74, 6) is -1.39. The molecular formula is C22H19N3O3. The number of nitrogens with zero attached hydrogens (tertiary/aromatic N) is 3. The van der Waals surface area contributed by atoms with Gasteiger partial charge in [0.1, 0.15) is 18.2 Å². The van der Waals surface area contributed by atoms with Gasteiger partial charge in [-0.2, -0.15) is 5.26 Å². The summed E-state index contributed by atoms with van der Waals surface area (Å²) in [4.78, 5) is 25.4. The van der Waals surface area contributed by atoms with Crippen LogP contribution >= 0.6 is 0 Å². The minimum atomic E-state index is -0.966. The van der Waals surface area contributed by atoms with E-state index in [2.05, 4.69) is 0 Å². The van der Waals surface area contributed by atoms with Gasteiger partial charge < -0.3 is 14.6 Å². The highest BCUT2D eigenvalue weighted by atomic mass is 16.4. The van der Waals surface area contributed by atoms with E-state index in [0.29, 0.717) is 11.3 Å². The van der Waals surface area contributed by atoms with Gasteiger partial charge in [-0.1, -0.05) is 30.3 Å². The second kappa shape index (κ2) is 7.80. The second-order valence-corrected chi connectivity index (χ2v) is 6.50. The number of aromatic nitrogens is 1. The smallest absolute Gasteiger partial charge is 0.323 e. The summed E-state index contributed by atoms with van der Waals surface area (Å²) < 4.78 is 1.59. The first kappa shape index (κ1) is 18.9. The molecule has 3 rings (SSSR count). The predicted octanol–water partition coefficient (Wildman–Crippen LogP) is 3.60. The Hall–Kier alpha value is -3.85. The number of amides is 1. The van der Waals surface area contributed by atoms with E-state index in [9.17, 15) is 14.9 Å². The molecule has 6 heteroatoms. The van der Waals surface area contributed by atoms with Crippen LogP contribution in [-0.2, 0) is 16.1 Å². The van der Waals surface area contributed by atoms with Gasteiger partial charge in [0.2, 0.25) is 0 Å². The Labute approximate surface area is 162 Å². The molecule has 0 bridgehead atoms. The average Bonchev–Trinajstić information content (AvgIpc) is 3.02. The SMILES string of the molecule is Cc1cccc(N(C)C(=O)C(C#N)=Cc2cn(CC(=O)O)c3ccccc23)c1. The number of fused-ring (bicyclic) bond motifs is 1. The summed E-state index contributed by atoms with van der Waals surface area (Å²) in [5, 5.41) is 19.5. The lowest BCUT2D eigenvalue weighted by atomic mass is 10.1. The summed E-state index contributed by atoms with van der Waals surface area (Å²) >= 11 is 0. The van der Waals surface area contributed by atoms with Crippen LogP contribution in [0.1, 0.15) is 11.1 Å². The molecule has 0 aliphatic rings. The quantitative estimate of drug-likeness (QED) is 0.547. The van der Waals surface area contributed by atoms with Crippen molar-refractivity contribution in [1.29, 1.82) is 5.26 Å². The molecule has 0 unspecified atom stereocenters. The molecule has 0 aliphatic carbocycles. The minimum Gasteiger partial charge on any atom is -0.480 e. The molecule has 2 aromatic carbocycles. The molecule has 0 aliphatic heterocycles. The lowest BCUT2D eigenvalue weighted by molar-refractivity contribution is -0.137. The molecule has 0 fully saturated rings. The third-order valence-corrected chi connectivity index (χ3v) is 4.47. The van der Waals surface area contributed by atoms with Gasteiger partial charge in [-0.25, -0.2) is 0 Å². The number of hydrogen-bond acceptors (Lipinski definition) is 3. The number of para-hydroxylation sites is 1. The Morgan fingerprint density at radius 1 is 1.21 bits per heavy atom. The van der Waals surface area contributed by atoms with Crippen LogP contribution in [0, 0.1) is 18.3 Å². The van der Waals surface area contributed by atoms with Gasteiger partial charge in [0.15, 0.2) is 0 Å². The maximum absolute atomic E-state index is 12.8. The zero-order valence-electron chi connectivity index (χ0n) is 15.6. The molecule has 1 heterocycles. The maximum atomic E-state index is 12.8. The van der Waals surface area contributed by atoms with Crippen molar-refractivity contribution in [3.63, 3.8) is 0 Å². The first-order chi connectivity index (χ1) is 13.4. The lowest BCUT2D eigenvalue weighted by Crippen LogP contribution is -2.27.